The molecule has 1 aromatic heterocycles. The van der Waals surface area contributed by atoms with Crippen molar-refractivity contribution in [1.82, 2.24) is 4.98 Å². The van der Waals surface area contributed by atoms with E-state index in [4.69, 9.17) is 15.9 Å². The van der Waals surface area contributed by atoms with Gasteiger partial charge in [-0.2, -0.15) is 0 Å². The minimum Gasteiger partial charge on any atom is -0.444 e. The van der Waals surface area contributed by atoms with Gasteiger partial charge in [0.05, 0.1) is 11.4 Å². The molecule has 0 fully saturated rings. The van der Waals surface area contributed by atoms with Crippen molar-refractivity contribution in [3.05, 3.63) is 52.8 Å². The van der Waals surface area contributed by atoms with Crippen LogP contribution in [-0.2, 0) is 4.74 Å². The summed E-state index contributed by atoms with van der Waals surface area (Å²) in [5.41, 5.74) is 7.85. The number of nitrogen functional groups attached to an aromatic ring is 1. The van der Waals surface area contributed by atoms with Crippen LogP contribution in [0.5, 0.6) is 0 Å². The van der Waals surface area contributed by atoms with E-state index in [2.05, 4.69) is 10.3 Å². The van der Waals surface area contributed by atoms with Crippen LogP contribution in [0.15, 0.2) is 30.5 Å². The molecular formula is C19H24N4O3. The third kappa shape index (κ3) is 4.58. The van der Waals surface area contributed by atoms with Gasteiger partial charge in [0.1, 0.15) is 11.7 Å². The molecule has 1 atom stereocenters. The van der Waals surface area contributed by atoms with Crippen LogP contribution in [0.25, 0.3) is 0 Å². The van der Waals surface area contributed by atoms with Gasteiger partial charge in [-0.3, -0.25) is 10.3 Å². The van der Waals surface area contributed by atoms with E-state index in [0.29, 0.717) is 22.5 Å². The molecule has 0 saturated heterocycles. The number of amides is 1. The molecule has 1 amide bonds. The summed E-state index contributed by atoms with van der Waals surface area (Å²) in [6.45, 7) is 7.12. The number of aromatic nitrogens is 1. The van der Waals surface area contributed by atoms with Gasteiger partial charge in [-0.15, -0.1) is 0 Å². The number of aliphatic hydroxyl groups excluding tert-OH is 1. The monoisotopic (exact) mass is 356 g/mol. The number of aliphatic hydroxyl groups is 1. The van der Waals surface area contributed by atoms with E-state index in [9.17, 15) is 9.90 Å². The lowest BCUT2D eigenvalue weighted by molar-refractivity contribution is 0.0635. The van der Waals surface area contributed by atoms with Gasteiger partial charge in [-0.25, -0.2) is 4.79 Å². The van der Waals surface area contributed by atoms with Gasteiger partial charge in [0.2, 0.25) is 0 Å². The molecule has 0 aliphatic heterocycles. The molecule has 26 heavy (non-hydrogen) atoms. The maximum atomic E-state index is 12.1. The number of nitrogens with zero attached hydrogens (tertiary/aromatic N) is 1. The van der Waals surface area contributed by atoms with E-state index < -0.39 is 17.8 Å². The fourth-order valence-corrected chi connectivity index (χ4v) is 2.47. The van der Waals surface area contributed by atoms with Crippen molar-refractivity contribution < 1.29 is 14.6 Å². The largest absolute Gasteiger partial charge is 0.444 e. The predicted octanol–water partition coefficient (Wildman–Crippen LogP) is 3.40. The van der Waals surface area contributed by atoms with Crippen molar-refractivity contribution in [1.29, 1.82) is 5.41 Å². The second-order valence-corrected chi connectivity index (χ2v) is 6.97. The number of hydrogen-bond acceptors (Lipinski definition) is 6. The number of nitrogens with one attached hydrogen (secondary N) is 2. The van der Waals surface area contributed by atoms with E-state index in [0.717, 1.165) is 11.8 Å². The Balaban J connectivity index is 2.42. The molecule has 2 aromatic rings. The summed E-state index contributed by atoms with van der Waals surface area (Å²) < 4.78 is 5.27. The summed E-state index contributed by atoms with van der Waals surface area (Å²) in [5, 5.41) is 21.0. The van der Waals surface area contributed by atoms with Crippen LogP contribution < -0.4 is 11.1 Å². The molecule has 0 bridgehead atoms. The highest BCUT2D eigenvalue weighted by Gasteiger charge is 2.23. The van der Waals surface area contributed by atoms with E-state index in [1.54, 1.807) is 51.2 Å². The average Bonchev–Trinajstić information content (AvgIpc) is 2.52. The lowest BCUT2D eigenvalue weighted by atomic mass is 9.98. The lowest BCUT2D eigenvalue weighted by Crippen LogP contribution is -2.28. The molecular weight excluding hydrogens is 332 g/mol. The molecule has 1 unspecified atom stereocenters. The number of pyridine rings is 1. The first-order chi connectivity index (χ1) is 12.1. The van der Waals surface area contributed by atoms with Crippen molar-refractivity contribution in [3.63, 3.8) is 0 Å². The molecule has 1 aromatic carbocycles. The summed E-state index contributed by atoms with van der Waals surface area (Å²) >= 11 is 0. The van der Waals surface area contributed by atoms with Crippen LogP contribution in [0.4, 0.5) is 16.2 Å². The summed E-state index contributed by atoms with van der Waals surface area (Å²) in [5.74, 6) is 0. The normalized spacial score (nSPS) is 12.3. The van der Waals surface area contributed by atoms with Gasteiger partial charge >= 0.3 is 6.09 Å². The fraction of sp³-hybridized carbons (Fsp3) is 0.316. The Kier molecular flexibility index (Phi) is 5.62. The maximum Gasteiger partial charge on any atom is 0.412 e. The second-order valence-electron chi connectivity index (χ2n) is 6.97. The van der Waals surface area contributed by atoms with Crippen LogP contribution in [0.2, 0.25) is 0 Å². The highest BCUT2D eigenvalue weighted by atomic mass is 16.6. The third-order valence-electron chi connectivity index (χ3n) is 3.56. The third-order valence-corrected chi connectivity index (χ3v) is 3.56. The number of nitrogens with two attached hydrogens (primary N) is 1. The van der Waals surface area contributed by atoms with Crippen LogP contribution >= 0.6 is 0 Å². The van der Waals surface area contributed by atoms with Gasteiger partial charge < -0.3 is 21.0 Å². The van der Waals surface area contributed by atoms with Gasteiger partial charge in [-0.05, 0) is 51.0 Å². The minimum atomic E-state index is -1.17. The molecule has 138 valence electrons. The van der Waals surface area contributed by atoms with Crippen molar-refractivity contribution in [2.24, 2.45) is 0 Å². The molecule has 5 N–H and O–H groups in total. The Bertz CT molecular complexity index is 828. The number of ether oxygens (including phenoxy) is 1. The first kappa shape index (κ1) is 19.4. The molecule has 1 heterocycles. The minimum absolute atomic E-state index is 0.246. The number of benzene rings is 1. The molecule has 0 aliphatic rings. The van der Waals surface area contributed by atoms with Crippen molar-refractivity contribution in [2.45, 2.75) is 39.4 Å². The van der Waals surface area contributed by atoms with Crippen molar-refractivity contribution >= 4 is 23.7 Å². The van der Waals surface area contributed by atoms with Crippen LogP contribution in [0.1, 0.15) is 49.3 Å². The van der Waals surface area contributed by atoms with Gasteiger partial charge in [-0.1, -0.05) is 12.1 Å². The first-order valence-corrected chi connectivity index (χ1v) is 8.16. The maximum absolute atomic E-state index is 12.1. The molecule has 0 saturated carbocycles. The zero-order valence-electron chi connectivity index (χ0n) is 15.3. The zero-order valence-corrected chi connectivity index (χ0v) is 15.3. The average molecular weight is 356 g/mol. The SMILES string of the molecule is Cc1cnc(C(O)c2cccc(N)c2C=N)c(NC(=O)OC(C)(C)C)c1. The first-order valence-electron chi connectivity index (χ1n) is 8.16. The van der Waals surface area contributed by atoms with Crippen LogP contribution in [0, 0.1) is 12.3 Å². The zero-order chi connectivity index (χ0) is 19.5. The van der Waals surface area contributed by atoms with Crippen molar-refractivity contribution in [2.75, 3.05) is 11.1 Å². The van der Waals surface area contributed by atoms with Gasteiger partial charge in [0.15, 0.2) is 0 Å². The number of rotatable bonds is 4. The van der Waals surface area contributed by atoms with E-state index in [-0.39, 0.29) is 5.69 Å². The Morgan fingerprint density at radius 3 is 2.73 bits per heavy atom. The Morgan fingerprint density at radius 2 is 2.12 bits per heavy atom. The Labute approximate surface area is 152 Å². The molecule has 0 aliphatic carbocycles. The second kappa shape index (κ2) is 7.53. The number of aryl methyl sites for hydroxylation is 1. The highest BCUT2D eigenvalue weighted by Crippen LogP contribution is 2.31. The number of carbonyl (C=O) groups is 1. The number of anilines is 2. The predicted molar refractivity (Wildman–Crippen MR) is 102 cm³/mol. The van der Waals surface area contributed by atoms with E-state index in [1.807, 2.05) is 6.92 Å². The summed E-state index contributed by atoms with van der Waals surface area (Å²) in [6.07, 6.45) is 0.872. The van der Waals surface area contributed by atoms with Gasteiger partial charge in [0.25, 0.3) is 0 Å². The molecule has 2 rings (SSSR count). The quantitative estimate of drug-likeness (QED) is 0.494. The summed E-state index contributed by atoms with van der Waals surface area (Å²) in [7, 11) is 0. The number of carbonyl (C=O) groups excluding carboxylic acids is 1. The molecule has 7 nitrogen and oxygen atoms in total. The van der Waals surface area contributed by atoms with Gasteiger partial charge in [0, 0.05) is 23.7 Å². The molecule has 7 heteroatoms. The van der Waals surface area contributed by atoms with E-state index in [1.165, 1.54) is 0 Å². The summed E-state index contributed by atoms with van der Waals surface area (Å²) in [4.78, 5) is 16.4. The van der Waals surface area contributed by atoms with Crippen LogP contribution in [-0.4, -0.2) is 28.0 Å². The molecule has 0 spiro atoms. The Hall–Kier alpha value is -2.93. The highest BCUT2D eigenvalue weighted by molar-refractivity contribution is 5.88. The van der Waals surface area contributed by atoms with E-state index >= 15 is 0 Å². The smallest absolute Gasteiger partial charge is 0.412 e. The summed E-state index contributed by atoms with van der Waals surface area (Å²) in [6, 6.07) is 6.71. The molecule has 0 radical (unpaired) electrons. The fourth-order valence-electron chi connectivity index (χ4n) is 2.47. The van der Waals surface area contributed by atoms with Crippen LogP contribution in [0.3, 0.4) is 0 Å². The topological polar surface area (TPSA) is 121 Å². The lowest BCUT2D eigenvalue weighted by Gasteiger charge is -2.22. The standard InChI is InChI=1S/C19H24N4O3/c1-11-8-15(23-18(25)26-19(2,3)4)16(22-10-11)17(24)12-6-5-7-14(21)13(12)9-20/h5-10,17,20,24H,21H2,1-4H3,(H,23,25). The Morgan fingerprint density at radius 1 is 1.42 bits per heavy atom. The van der Waals surface area contributed by atoms with Crippen molar-refractivity contribution in [3.8, 4) is 0 Å². The number of hydrogen-bond donors (Lipinski definition) is 4.